The molecule has 0 aliphatic rings. The van der Waals surface area contributed by atoms with Crippen molar-refractivity contribution in [3.05, 3.63) is 36.0 Å². The molecular formula is C15H27N. The third-order valence-corrected chi connectivity index (χ3v) is 2.49. The van der Waals surface area contributed by atoms with Crippen molar-refractivity contribution < 1.29 is 0 Å². The number of hydrogen-bond acceptors (Lipinski definition) is 1. The molecule has 1 heteroatoms. The van der Waals surface area contributed by atoms with Gasteiger partial charge >= 0.3 is 0 Å². The van der Waals surface area contributed by atoms with Crippen molar-refractivity contribution in [2.75, 3.05) is 0 Å². The fourth-order valence-electron chi connectivity index (χ4n) is 1.55. The van der Waals surface area contributed by atoms with E-state index in [-0.39, 0.29) is 11.1 Å². The maximum absolute atomic E-state index is 4.14. The van der Waals surface area contributed by atoms with Crippen LogP contribution in [0.15, 0.2) is 36.0 Å². The van der Waals surface area contributed by atoms with Crippen molar-refractivity contribution in [1.82, 2.24) is 5.32 Å². The van der Waals surface area contributed by atoms with Crippen molar-refractivity contribution in [2.24, 2.45) is 0 Å². The number of rotatable bonds is 4. The lowest BCUT2D eigenvalue weighted by molar-refractivity contribution is 0.322. The molecule has 1 nitrogen and oxygen atoms in total. The summed E-state index contributed by atoms with van der Waals surface area (Å²) in [5, 5.41) is 3.57. The van der Waals surface area contributed by atoms with Gasteiger partial charge in [-0.3, -0.25) is 0 Å². The molecule has 0 radical (unpaired) electrons. The number of nitrogens with one attached hydrogen (secondary N) is 1. The average molecular weight is 221 g/mol. The summed E-state index contributed by atoms with van der Waals surface area (Å²) in [5.74, 6) is 0. The summed E-state index contributed by atoms with van der Waals surface area (Å²) in [6.07, 6.45) is 6.29. The van der Waals surface area contributed by atoms with Gasteiger partial charge in [-0.05, 0) is 54.0 Å². The molecular weight excluding hydrogens is 194 g/mol. The summed E-state index contributed by atoms with van der Waals surface area (Å²) >= 11 is 0. The minimum absolute atomic E-state index is 0.0806. The first-order valence-corrected chi connectivity index (χ1v) is 5.88. The molecule has 1 N–H and O–H groups in total. The van der Waals surface area contributed by atoms with Gasteiger partial charge in [-0.25, -0.2) is 0 Å². The maximum Gasteiger partial charge on any atom is 0.0375 e. The Balaban J connectivity index is 4.66. The van der Waals surface area contributed by atoms with Gasteiger partial charge in [0.2, 0.25) is 0 Å². The zero-order valence-electron chi connectivity index (χ0n) is 11.9. The Morgan fingerprint density at radius 1 is 1.06 bits per heavy atom. The minimum Gasteiger partial charge on any atom is -0.303 e. The van der Waals surface area contributed by atoms with Gasteiger partial charge in [-0.1, -0.05) is 30.4 Å². The predicted octanol–water partition coefficient (Wildman–Crippen LogP) is 4.23. The van der Waals surface area contributed by atoms with E-state index in [0.717, 1.165) is 5.57 Å². The van der Waals surface area contributed by atoms with E-state index in [9.17, 15) is 0 Å². The highest BCUT2D eigenvalue weighted by molar-refractivity contribution is 5.31. The van der Waals surface area contributed by atoms with E-state index < -0.39 is 0 Å². The molecule has 16 heavy (non-hydrogen) atoms. The van der Waals surface area contributed by atoms with Crippen molar-refractivity contribution in [2.45, 2.75) is 59.5 Å². The molecule has 0 unspecified atom stereocenters. The summed E-state index contributed by atoms with van der Waals surface area (Å²) in [7, 11) is 0. The first-order chi connectivity index (χ1) is 7.08. The van der Waals surface area contributed by atoms with Crippen molar-refractivity contribution >= 4 is 0 Å². The third kappa shape index (κ3) is 5.92. The molecule has 0 aromatic heterocycles. The maximum atomic E-state index is 4.14. The average Bonchev–Trinajstić information content (AvgIpc) is 2.09. The Kier molecular flexibility index (Phi) is 5.21. The standard InChI is InChI=1S/C15H27N/c1-9-12(2)10-11-13(3)15(7,8)16-14(4,5)6/h9-11,16H,3H2,1-2,4-8H3/b11-10-,12-9-. The van der Waals surface area contributed by atoms with E-state index in [0.29, 0.717) is 0 Å². The summed E-state index contributed by atoms with van der Waals surface area (Å²) < 4.78 is 0. The Morgan fingerprint density at radius 2 is 1.56 bits per heavy atom. The SMILES string of the molecule is C=C(/C=C\C(C)=C/C)C(C)(C)NC(C)(C)C. The van der Waals surface area contributed by atoms with Gasteiger partial charge in [0.15, 0.2) is 0 Å². The zero-order valence-corrected chi connectivity index (χ0v) is 11.9. The second kappa shape index (κ2) is 5.49. The molecule has 0 amide bonds. The van der Waals surface area contributed by atoms with Crippen molar-refractivity contribution in [3.8, 4) is 0 Å². The lowest BCUT2D eigenvalue weighted by Crippen LogP contribution is -2.50. The summed E-state index contributed by atoms with van der Waals surface area (Å²) in [6.45, 7) is 19.1. The van der Waals surface area contributed by atoms with Crippen LogP contribution in [0.2, 0.25) is 0 Å². The molecule has 0 aromatic rings. The van der Waals surface area contributed by atoms with E-state index in [4.69, 9.17) is 0 Å². The molecule has 0 aliphatic heterocycles. The van der Waals surface area contributed by atoms with Crippen LogP contribution < -0.4 is 5.32 Å². The van der Waals surface area contributed by atoms with Crippen LogP contribution in [0, 0.1) is 0 Å². The van der Waals surface area contributed by atoms with E-state index in [2.05, 4.69) is 71.7 Å². The first kappa shape index (κ1) is 15.2. The Labute approximate surface area is 101 Å². The quantitative estimate of drug-likeness (QED) is 0.700. The summed E-state index contributed by atoms with van der Waals surface area (Å²) in [5.41, 5.74) is 2.37. The Bertz CT molecular complexity index is 298. The van der Waals surface area contributed by atoms with Gasteiger partial charge in [0, 0.05) is 11.1 Å². The number of allylic oxidation sites excluding steroid dienone is 3. The van der Waals surface area contributed by atoms with Gasteiger partial charge in [-0.15, -0.1) is 0 Å². The van der Waals surface area contributed by atoms with Crippen LogP contribution in [0.5, 0.6) is 0 Å². The number of hydrogen-bond donors (Lipinski definition) is 1. The molecule has 0 saturated heterocycles. The van der Waals surface area contributed by atoms with E-state index in [1.807, 2.05) is 6.92 Å². The highest BCUT2D eigenvalue weighted by atomic mass is 15.0. The van der Waals surface area contributed by atoms with Crippen LogP contribution in [-0.4, -0.2) is 11.1 Å². The van der Waals surface area contributed by atoms with Crippen LogP contribution in [0.3, 0.4) is 0 Å². The van der Waals surface area contributed by atoms with E-state index >= 15 is 0 Å². The smallest absolute Gasteiger partial charge is 0.0375 e. The fraction of sp³-hybridized carbons (Fsp3) is 0.600. The second-order valence-electron chi connectivity index (χ2n) is 5.89. The van der Waals surface area contributed by atoms with Gasteiger partial charge in [0.1, 0.15) is 0 Å². The molecule has 0 fully saturated rings. The Hall–Kier alpha value is -0.820. The Morgan fingerprint density at radius 3 is 1.94 bits per heavy atom. The van der Waals surface area contributed by atoms with Crippen molar-refractivity contribution in [1.29, 1.82) is 0 Å². The summed E-state index contributed by atoms with van der Waals surface area (Å²) in [6, 6.07) is 0. The lowest BCUT2D eigenvalue weighted by atomic mass is 9.91. The predicted molar refractivity (Wildman–Crippen MR) is 74.7 cm³/mol. The molecule has 0 heterocycles. The van der Waals surface area contributed by atoms with E-state index in [1.54, 1.807) is 0 Å². The van der Waals surface area contributed by atoms with Crippen LogP contribution in [0.25, 0.3) is 0 Å². The topological polar surface area (TPSA) is 12.0 Å². The van der Waals surface area contributed by atoms with E-state index in [1.165, 1.54) is 5.57 Å². The molecule has 0 spiro atoms. The largest absolute Gasteiger partial charge is 0.303 e. The second-order valence-corrected chi connectivity index (χ2v) is 5.89. The molecule has 0 bridgehead atoms. The molecule has 0 rings (SSSR count). The van der Waals surface area contributed by atoms with Gasteiger partial charge in [0.25, 0.3) is 0 Å². The lowest BCUT2D eigenvalue weighted by Gasteiger charge is -2.35. The van der Waals surface area contributed by atoms with Gasteiger partial charge < -0.3 is 5.32 Å². The minimum atomic E-state index is -0.0806. The molecule has 0 aliphatic carbocycles. The third-order valence-electron chi connectivity index (χ3n) is 2.49. The van der Waals surface area contributed by atoms with Crippen LogP contribution in [-0.2, 0) is 0 Å². The first-order valence-electron chi connectivity index (χ1n) is 5.88. The fourth-order valence-corrected chi connectivity index (χ4v) is 1.55. The van der Waals surface area contributed by atoms with Gasteiger partial charge in [0.05, 0.1) is 0 Å². The molecule has 92 valence electrons. The zero-order chi connectivity index (χ0) is 13.0. The normalized spacial score (nSPS) is 14.6. The molecule has 0 saturated carbocycles. The van der Waals surface area contributed by atoms with Gasteiger partial charge in [-0.2, -0.15) is 0 Å². The molecule has 0 aromatic carbocycles. The molecule has 0 atom stereocenters. The highest BCUT2D eigenvalue weighted by Crippen LogP contribution is 2.19. The highest BCUT2D eigenvalue weighted by Gasteiger charge is 2.25. The monoisotopic (exact) mass is 221 g/mol. The summed E-state index contributed by atoms with van der Waals surface area (Å²) in [4.78, 5) is 0. The van der Waals surface area contributed by atoms with Crippen LogP contribution in [0.4, 0.5) is 0 Å². The van der Waals surface area contributed by atoms with Crippen molar-refractivity contribution in [3.63, 3.8) is 0 Å². The van der Waals surface area contributed by atoms with Crippen LogP contribution >= 0.6 is 0 Å². The van der Waals surface area contributed by atoms with Crippen LogP contribution in [0.1, 0.15) is 48.5 Å².